The average Bonchev–Trinajstić information content (AvgIpc) is 2.31. The van der Waals surface area contributed by atoms with Gasteiger partial charge in [0.1, 0.15) is 5.54 Å². The van der Waals surface area contributed by atoms with Gasteiger partial charge in [0.2, 0.25) is 0 Å². The zero-order chi connectivity index (χ0) is 12.9. The van der Waals surface area contributed by atoms with Crippen molar-refractivity contribution in [3.8, 4) is 0 Å². The van der Waals surface area contributed by atoms with Crippen molar-refractivity contribution < 1.29 is 9.90 Å². The zero-order valence-corrected chi connectivity index (χ0v) is 10.7. The van der Waals surface area contributed by atoms with Crippen LogP contribution in [0, 0.1) is 5.92 Å². The minimum Gasteiger partial charge on any atom is -0.480 e. The van der Waals surface area contributed by atoms with Crippen LogP contribution in [0.3, 0.4) is 0 Å². The molecule has 3 nitrogen and oxygen atoms in total. The first-order chi connectivity index (χ1) is 8.03. The third kappa shape index (κ3) is 3.07. The number of hydrogen-bond donors (Lipinski definition) is 2. The Morgan fingerprint density at radius 3 is 2.35 bits per heavy atom. The lowest BCUT2D eigenvalue weighted by molar-refractivity contribution is -0.145. The number of carboxylic acid groups (broad SMARTS) is 1. The Bertz CT molecular complexity index is 362. The number of nitrogens with one attached hydrogen (secondary N) is 1. The molecule has 1 atom stereocenters. The molecule has 0 saturated carbocycles. The highest BCUT2D eigenvalue weighted by Gasteiger charge is 2.37. The van der Waals surface area contributed by atoms with E-state index >= 15 is 0 Å². The van der Waals surface area contributed by atoms with Crippen molar-refractivity contribution in [2.75, 3.05) is 6.54 Å². The van der Waals surface area contributed by atoms with E-state index in [4.69, 9.17) is 0 Å². The van der Waals surface area contributed by atoms with E-state index in [9.17, 15) is 9.90 Å². The Morgan fingerprint density at radius 2 is 1.94 bits per heavy atom. The first kappa shape index (κ1) is 13.7. The maximum Gasteiger partial charge on any atom is 0.328 e. The van der Waals surface area contributed by atoms with Crippen molar-refractivity contribution in [3.05, 3.63) is 35.9 Å². The Morgan fingerprint density at radius 1 is 1.35 bits per heavy atom. The monoisotopic (exact) mass is 235 g/mol. The normalized spacial score (nSPS) is 14.6. The van der Waals surface area contributed by atoms with Gasteiger partial charge in [-0.3, -0.25) is 5.32 Å². The summed E-state index contributed by atoms with van der Waals surface area (Å²) < 4.78 is 0. The highest BCUT2D eigenvalue weighted by atomic mass is 16.4. The van der Waals surface area contributed by atoms with Crippen LogP contribution in [0.5, 0.6) is 0 Å². The van der Waals surface area contributed by atoms with E-state index in [0.717, 1.165) is 5.56 Å². The molecule has 17 heavy (non-hydrogen) atoms. The third-order valence-electron chi connectivity index (χ3n) is 2.97. The smallest absolute Gasteiger partial charge is 0.328 e. The van der Waals surface area contributed by atoms with Crippen LogP contribution < -0.4 is 5.32 Å². The summed E-state index contributed by atoms with van der Waals surface area (Å²) in [6.45, 7) is 6.73. The van der Waals surface area contributed by atoms with Gasteiger partial charge in [-0.2, -0.15) is 0 Å². The molecule has 0 bridgehead atoms. The molecule has 1 aromatic carbocycles. The number of carbonyl (C=O) groups is 1. The molecule has 0 fully saturated rings. The van der Waals surface area contributed by atoms with Gasteiger partial charge < -0.3 is 5.11 Å². The van der Waals surface area contributed by atoms with Gasteiger partial charge in [-0.1, -0.05) is 51.1 Å². The van der Waals surface area contributed by atoms with Crippen molar-refractivity contribution in [1.29, 1.82) is 0 Å². The topological polar surface area (TPSA) is 49.3 Å². The van der Waals surface area contributed by atoms with Gasteiger partial charge in [0.25, 0.3) is 0 Å². The number of benzene rings is 1. The van der Waals surface area contributed by atoms with Crippen LogP contribution in [0.1, 0.15) is 32.8 Å². The molecule has 0 aliphatic carbocycles. The molecule has 0 amide bonds. The molecule has 1 aromatic rings. The molecule has 1 unspecified atom stereocenters. The molecular formula is C14H21NO2. The van der Waals surface area contributed by atoms with Gasteiger partial charge in [0, 0.05) is 0 Å². The summed E-state index contributed by atoms with van der Waals surface area (Å²) in [5.74, 6) is -0.393. The van der Waals surface area contributed by atoms with E-state index in [1.54, 1.807) is 0 Å². The van der Waals surface area contributed by atoms with Crippen molar-refractivity contribution in [2.24, 2.45) is 5.92 Å². The van der Waals surface area contributed by atoms with Crippen LogP contribution in [0.4, 0.5) is 0 Å². The molecule has 0 aromatic heterocycles. The number of aliphatic carboxylic acids is 1. The van der Waals surface area contributed by atoms with Crippen molar-refractivity contribution >= 4 is 5.97 Å². The minimum absolute atomic E-state index is 0.420. The number of carboxylic acids is 1. The average molecular weight is 235 g/mol. The Hall–Kier alpha value is -1.35. The van der Waals surface area contributed by atoms with Crippen LogP contribution in [0.15, 0.2) is 30.3 Å². The Labute approximate surface area is 103 Å². The highest BCUT2D eigenvalue weighted by Crippen LogP contribution is 2.25. The summed E-state index contributed by atoms with van der Waals surface area (Å²) in [7, 11) is 0. The van der Waals surface area contributed by atoms with Gasteiger partial charge in [0.05, 0.1) is 0 Å². The van der Waals surface area contributed by atoms with Crippen LogP contribution in [0.25, 0.3) is 0 Å². The SMILES string of the molecule is CCC(NCC(C)C)(C(=O)O)c1ccccc1. The first-order valence-corrected chi connectivity index (χ1v) is 6.07. The zero-order valence-electron chi connectivity index (χ0n) is 10.7. The molecule has 0 aliphatic heterocycles. The standard InChI is InChI=1S/C14H21NO2/c1-4-14(13(16)17,15-10-11(2)3)12-8-6-5-7-9-12/h5-9,11,15H,4,10H2,1-3H3,(H,16,17). The van der Waals surface area contributed by atoms with Gasteiger partial charge in [-0.05, 0) is 24.4 Å². The summed E-state index contributed by atoms with van der Waals surface area (Å²) in [5.41, 5.74) is -0.151. The van der Waals surface area contributed by atoms with Crippen molar-refractivity contribution in [2.45, 2.75) is 32.7 Å². The van der Waals surface area contributed by atoms with E-state index < -0.39 is 11.5 Å². The molecule has 3 heteroatoms. The second-order valence-corrected chi connectivity index (χ2v) is 4.70. The van der Waals surface area contributed by atoms with E-state index in [0.29, 0.717) is 18.9 Å². The fourth-order valence-electron chi connectivity index (χ4n) is 1.88. The lowest BCUT2D eigenvalue weighted by atomic mass is 9.87. The van der Waals surface area contributed by atoms with E-state index in [2.05, 4.69) is 19.2 Å². The molecular weight excluding hydrogens is 214 g/mol. The Balaban J connectivity index is 3.05. The quantitative estimate of drug-likeness (QED) is 0.797. The molecule has 0 saturated heterocycles. The lowest BCUT2D eigenvalue weighted by Gasteiger charge is -2.31. The largest absolute Gasteiger partial charge is 0.480 e. The van der Waals surface area contributed by atoms with Crippen molar-refractivity contribution in [1.82, 2.24) is 5.32 Å². The molecule has 1 rings (SSSR count). The number of rotatable bonds is 6. The van der Waals surface area contributed by atoms with Gasteiger partial charge in [-0.25, -0.2) is 4.79 Å². The highest BCUT2D eigenvalue weighted by molar-refractivity contribution is 5.80. The fourth-order valence-corrected chi connectivity index (χ4v) is 1.88. The summed E-state index contributed by atoms with van der Waals surface area (Å²) in [6.07, 6.45) is 0.527. The Kier molecular flexibility index (Phi) is 4.70. The fraction of sp³-hybridized carbons (Fsp3) is 0.500. The van der Waals surface area contributed by atoms with E-state index in [-0.39, 0.29) is 0 Å². The summed E-state index contributed by atoms with van der Waals surface area (Å²) in [5, 5.41) is 12.7. The second-order valence-electron chi connectivity index (χ2n) is 4.70. The number of hydrogen-bond acceptors (Lipinski definition) is 2. The maximum atomic E-state index is 11.6. The summed E-state index contributed by atoms with van der Waals surface area (Å²) >= 11 is 0. The van der Waals surface area contributed by atoms with Crippen LogP contribution in [0.2, 0.25) is 0 Å². The molecule has 0 radical (unpaired) electrons. The molecule has 2 N–H and O–H groups in total. The molecule has 0 heterocycles. The molecule has 0 spiro atoms. The van der Waals surface area contributed by atoms with Crippen molar-refractivity contribution in [3.63, 3.8) is 0 Å². The summed E-state index contributed by atoms with van der Waals surface area (Å²) in [4.78, 5) is 11.6. The van der Waals surface area contributed by atoms with Gasteiger partial charge in [0.15, 0.2) is 0 Å². The van der Waals surface area contributed by atoms with Gasteiger partial charge in [-0.15, -0.1) is 0 Å². The molecule has 0 aliphatic rings. The summed E-state index contributed by atoms with van der Waals surface area (Å²) in [6, 6.07) is 9.38. The molecule has 94 valence electrons. The van der Waals surface area contributed by atoms with E-state index in [1.807, 2.05) is 37.3 Å². The van der Waals surface area contributed by atoms with Crippen LogP contribution in [-0.2, 0) is 10.3 Å². The van der Waals surface area contributed by atoms with Gasteiger partial charge >= 0.3 is 5.97 Å². The van der Waals surface area contributed by atoms with E-state index in [1.165, 1.54) is 0 Å². The van der Waals surface area contributed by atoms with Crippen LogP contribution >= 0.6 is 0 Å². The second kappa shape index (κ2) is 5.82. The first-order valence-electron chi connectivity index (χ1n) is 6.07. The maximum absolute atomic E-state index is 11.6. The van der Waals surface area contributed by atoms with Crippen LogP contribution in [-0.4, -0.2) is 17.6 Å². The third-order valence-corrected chi connectivity index (χ3v) is 2.97. The predicted molar refractivity (Wildman–Crippen MR) is 68.9 cm³/mol. The minimum atomic E-state index is -0.967. The lowest BCUT2D eigenvalue weighted by Crippen LogP contribution is -2.50. The predicted octanol–water partition coefficient (Wildman–Crippen LogP) is 2.62.